The first kappa shape index (κ1) is 22.4. The van der Waals surface area contributed by atoms with Gasteiger partial charge in [-0.1, -0.05) is 30.3 Å². The normalized spacial score (nSPS) is 18.1. The highest BCUT2D eigenvalue weighted by Gasteiger charge is 2.31. The number of aromatic nitrogens is 3. The van der Waals surface area contributed by atoms with E-state index in [0.717, 1.165) is 40.5 Å². The Morgan fingerprint density at radius 1 is 1.29 bits per heavy atom. The van der Waals surface area contributed by atoms with Crippen LogP contribution in [0.2, 0.25) is 5.02 Å². The van der Waals surface area contributed by atoms with Crippen molar-refractivity contribution in [2.24, 2.45) is 0 Å². The Labute approximate surface area is 191 Å². The summed E-state index contributed by atoms with van der Waals surface area (Å²) < 4.78 is 28.0. The molecule has 1 atom stereocenters. The highest BCUT2D eigenvalue weighted by Crippen LogP contribution is 2.31. The fourth-order valence-electron chi connectivity index (χ4n) is 4.44. The number of halogens is 1. The molecule has 0 aliphatic carbocycles. The Bertz CT molecular complexity index is 1260. The van der Waals surface area contributed by atoms with E-state index in [1.165, 1.54) is 11.8 Å². The summed E-state index contributed by atoms with van der Waals surface area (Å²) in [5.41, 5.74) is 4.29. The number of fused-ring (bicyclic) bond motifs is 1. The summed E-state index contributed by atoms with van der Waals surface area (Å²) in [7, 11) is -2.99. The van der Waals surface area contributed by atoms with Crippen LogP contribution in [0, 0.1) is 13.8 Å². The number of rotatable bonds is 7. The minimum Gasteiger partial charge on any atom is -0.344 e. The van der Waals surface area contributed by atoms with Gasteiger partial charge in [0, 0.05) is 34.6 Å². The van der Waals surface area contributed by atoms with Crippen LogP contribution in [0.3, 0.4) is 0 Å². The lowest BCUT2D eigenvalue weighted by Gasteiger charge is -2.16. The Morgan fingerprint density at radius 3 is 2.74 bits per heavy atom. The van der Waals surface area contributed by atoms with Gasteiger partial charge in [-0.25, -0.2) is 13.4 Å². The van der Waals surface area contributed by atoms with Crippen molar-refractivity contribution in [3.8, 4) is 0 Å². The third kappa shape index (κ3) is 4.43. The lowest BCUT2D eigenvalue weighted by Crippen LogP contribution is -2.14. The van der Waals surface area contributed by atoms with Gasteiger partial charge in [0.15, 0.2) is 20.8 Å². The largest absolute Gasteiger partial charge is 0.344 e. The molecule has 1 aliphatic rings. The summed E-state index contributed by atoms with van der Waals surface area (Å²) >= 11 is 7.55. The standard InChI is InChI=1S/C22H26ClN3O3S2/c1-4-8-25-20-6-5-16(23)11-19(20)24-22(25)30-12-21(27)18-10-14(2)26(15(18)3)17-7-9-31(28,29)13-17/h5-6,10-11,17H,4,7-9,12-13H2,1-3H3. The van der Waals surface area contributed by atoms with Crippen molar-refractivity contribution in [2.45, 2.75) is 51.4 Å². The lowest BCUT2D eigenvalue weighted by atomic mass is 10.2. The zero-order chi connectivity index (χ0) is 22.3. The fraction of sp³-hybridized carbons (Fsp3) is 0.455. The second kappa shape index (κ2) is 8.64. The smallest absolute Gasteiger partial charge is 0.175 e. The Balaban J connectivity index is 1.56. The maximum Gasteiger partial charge on any atom is 0.175 e. The van der Waals surface area contributed by atoms with Gasteiger partial charge in [-0.15, -0.1) is 0 Å². The molecule has 0 amide bonds. The molecule has 6 nitrogen and oxygen atoms in total. The molecule has 0 spiro atoms. The molecule has 31 heavy (non-hydrogen) atoms. The number of hydrogen-bond acceptors (Lipinski definition) is 5. The molecular formula is C22H26ClN3O3S2. The second-order valence-corrected chi connectivity index (χ2v) is 11.7. The fourth-order valence-corrected chi connectivity index (χ4v) is 7.23. The van der Waals surface area contributed by atoms with Gasteiger partial charge in [0.2, 0.25) is 0 Å². The van der Waals surface area contributed by atoms with E-state index < -0.39 is 9.84 Å². The number of carbonyl (C=O) groups is 1. The summed E-state index contributed by atoms with van der Waals surface area (Å²) in [6, 6.07) is 7.47. The van der Waals surface area contributed by atoms with Crippen molar-refractivity contribution in [3.63, 3.8) is 0 Å². The van der Waals surface area contributed by atoms with Gasteiger partial charge in [0.05, 0.1) is 28.3 Å². The topological polar surface area (TPSA) is 74.0 Å². The summed E-state index contributed by atoms with van der Waals surface area (Å²) in [6.45, 7) is 6.77. The van der Waals surface area contributed by atoms with E-state index in [0.29, 0.717) is 17.0 Å². The molecule has 1 unspecified atom stereocenters. The second-order valence-electron chi connectivity index (χ2n) is 8.10. The molecule has 3 aromatic rings. The summed E-state index contributed by atoms with van der Waals surface area (Å²) in [5.74, 6) is 0.660. The molecule has 0 N–H and O–H groups in total. The molecule has 0 saturated carbocycles. The molecular weight excluding hydrogens is 454 g/mol. The minimum absolute atomic E-state index is 0.0262. The number of ketones is 1. The zero-order valence-electron chi connectivity index (χ0n) is 17.9. The molecule has 3 heterocycles. The number of Topliss-reactive ketones (excluding diaryl/α,β-unsaturated/α-hetero) is 1. The van der Waals surface area contributed by atoms with E-state index in [2.05, 4.69) is 11.5 Å². The van der Waals surface area contributed by atoms with Crippen LogP contribution in [0.1, 0.15) is 47.6 Å². The van der Waals surface area contributed by atoms with Crippen LogP contribution >= 0.6 is 23.4 Å². The van der Waals surface area contributed by atoms with Gasteiger partial charge in [-0.05, 0) is 51.0 Å². The van der Waals surface area contributed by atoms with Crippen molar-refractivity contribution in [1.29, 1.82) is 0 Å². The van der Waals surface area contributed by atoms with Crippen LogP contribution in [-0.2, 0) is 16.4 Å². The van der Waals surface area contributed by atoms with Gasteiger partial charge in [0.1, 0.15) is 0 Å². The van der Waals surface area contributed by atoms with Gasteiger partial charge >= 0.3 is 0 Å². The maximum atomic E-state index is 13.1. The number of benzene rings is 1. The third-order valence-electron chi connectivity index (χ3n) is 5.81. The molecule has 0 bridgehead atoms. The predicted octanol–water partition coefficient (Wildman–Crippen LogP) is 4.85. The van der Waals surface area contributed by atoms with E-state index in [9.17, 15) is 13.2 Å². The van der Waals surface area contributed by atoms with Crippen LogP contribution < -0.4 is 0 Å². The maximum absolute atomic E-state index is 13.1. The van der Waals surface area contributed by atoms with Gasteiger partial charge < -0.3 is 9.13 Å². The molecule has 1 saturated heterocycles. The SMILES string of the molecule is CCCn1c(SCC(=O)c2cc(C)n(C3CCS(=O)(=O)C3)c2C)nc2cc(Cl)ccc21. The van der Waals surface area contributed by atoms with E-state index >= 15 is 0 Å². The summed E-state index contributed by atoms with van der Waals surface area (Å²) in [4.78, 5) is 17.8. The number of aryl methyl sites for hydroxylation is 2. The first-order chi connectivity index (χ1) is 14.7. The van der Waals surface area contributed by atoms with Crippen molar-refractivity contribution in [3.05, 3.63) is 46.2 Å². The Morgan fingerprint density at radius 2 is 2.06 bits per heavy atom. The Hall–Kier alpha value is -1.77. The molecule has 0 radical (unpaired) electrons. The molecule has 1 fully saturated rings. The number of imidazole rings is 1. The highest BCUT2D eigenvalue weighted by molar-refractivity contribution is 7.99. The van der Waals surface area contributed by atoms with Crippen LogP contribution in [0.4, 0.5) is 0 Å². The Kier molecular flexibility index (Phi) is 6.25. The van der Waals surface area contributed by atoms with E-state index in [4.69, 9.17) is 16.6 Å². The highest BCUT2D eigenvalue weighted by atomic mass is 35.5. The van der Waals surface area contributed by atoms with Crippen molar-refractivity contribution < 1.29 is 13.2 Å². The van der Waals surface area contributed by atoms with E-state index in [1.807, 2.05) is 42.7 Å². The van der Waals surface area contributed by atoms with Crippen LogP contribution in [0.5, 0.6) is 0 Å². The first-order valence-corrected chi connectivity index (χ1v) is 13.6. The molecule has 9 heteroatoms. The monoisotopic (exact) mass is 479 g/mol. The van der Waals surface area contributed by atoms with E-state index in [1.54, 1.807) is 0 Å². The number of thioether (sulfide) groups is 1. The zero-order valence-corrected chi connectivity index (χ0v) is 20.3. The molecule has 1 aromatic carbocycles. The number of carbonyl (C=O) groups excluding carboxylic acids is 1. The van der Waals surface area contributed by atoms with Crippen molar-refractivity contribution in [1.82, 2.24) is 14.1 Å². The number of sulfone groups is 1. The lowest BCUT2D eigenvalue weighted by molar-refractivity contribution is 0.102. The third-order valence-corrected chi connectivity index (χ3v) is 8.77. The van der Waals surface area contributed by atoms with Crippen LogP contribution in [-0.4, -0.2) is 45.6 Å². The average Bonchev–Trinajstić information content (AvgIpc) is 3.33. The molecule has 166 valence electrons. The van der Waals surface area contributed by atoms with E-state index in [-0.39, 0.29) is 29.1 Å². The molecule has 1 aliphatic heterocycles. The number of nitrogens with zero attached hydrogens (tertiary/aromatic N) is 3. The van der Waals surface area contributed by atoms with Crippen molar-refractivity contribution in [2.75, 3.05) is 17.3 Å². The molecule has 2 aromatic heterocycles. The quantitative estimate of drug-likeness (QED) is 0.357. The van der Waals surface area contributed by atoms with Crippen molar-refractivity contribution >= 4 is 50.0 Å². The van der Waals surface area contributed by atoms with Crippen LogP contribution in [0.15, 0.2) is 29.4 Å². The van der Waals surface area contributed by atoms with Gasteiger partial charge in [0.25, 0.3) is 0 Å². The average molecular weight is 480 g/mol. The number of hydrogen-bond donors (Lipinski definition) is 0. The predicted molar refractivity (Wildman–Crippen MR) is 126 cm³/mol. The van der Waals surface area contributed by atoms with Gasteiger partial charge in [-0.3, -0.25) is 4.79 Å². The minimum atomic E-state index is -2.99. The summed E-state index contributed by atoms with van der Waals surface area (Å²) in [6.07, 6.45) is 1.56. The van der Waals surface area contributed by atoms with Crippen LogP contribution in [0.25, 0.3) is 11.0 Å². The van der Waals surface area contributed by atoms with Gasteiger partial charge in [-0.2, -0.15) is 0 Å². The first-order valence-electron chi connectivity index (χ1n) is 10.4. The molecule has 4 rings (SSSR count). The summed E-state index contributed by atoms with van der Waals surface area (Å²) in [5, 5.41) is 1.45.